The van der Waals surface area contributed by atoms with Gasteiger partial charge >= 0.3 is 0 Å². The first kappa shape index (κ1) is 17.0. The predicted molar refractivity (Wildman–Crippen MR) is 89.7 cm³/mol. The maximum Gasteiger partial charge on any atom is 0.276 e. The number of amides is 1. The lowest BCUT2D eigenvalue weighted by molar-refractivity contribution is 0.0619. The minimum absolute atomic E-state index is 0.0469. The van der Waals surface area contributed by atoms with Gasteiger partial charge in [0.2, 0.25) is 0 Å². The van der Waals surface area contributed by atoms with Gasteiger partial charge in [-0.1, -0.05) is 0 Å². The Bertz CT molecular complexity index is 651. The number of aromatic amines is 1. The average Bonchev–Trinajstić information content (AvgIpc) is 3.27. The largest absolute Gasteiger partial charge is 0.372 e. The predicted octanol–water partition coefficient (Wildman–Crippen LogP) is 1.32. The van der Waals surface area contributed by atoms with E-state index in [1.807, 2.05) is 18.7 Å². The first-order valence-corrected chi connectivity index (χ1v) is 8.98. The third kappa shape index (κ3) is 3.97. The molecule has 24 heavy (non-hydrogen) atoms. The Morgan fingerprint density at radius 1 is 1.42 bits per heavy atom. The summed E-state index contributed by atoms with van der Waals surface area (Å²) in [5.41, 5.74) is 1.44. The van der Waals surface area contributed by atoms with Gasteiger partial charge in [-0.2, -0.15) is 15.4 Å². The summed E-state index contributed by atoms with van der Waals surface area (Å²) >= 11 is 1.64. The van der Waals surface area contributed by atoms with E-state index in [1.165, 1.54) is 6.20 Å². The van der Waals surface area contributed by atoms with Crippen molar-refractivity contribution in [2.24, 2.45) is 0 Å². The van der Waals surface area contributed by atoms with Crippen LogP contribution in [-0.2, 0) is 11.3 Å². The molecule has 2 aromatic rings. The van der Waals surface area contributed by atoms with Crippen LogP contribution < -0.4 is 0 Å². The highest BCUT2D eigenvalue weighted by Gasteiger charge is 2.24. The van der Waals surface area contributed by atoms with Gasteiger partial charge in [0.05, 0.1) is 11.9 Å². The summed E-state index contributed by atoms with van der Waals surface area (Å²) in [6.07, 6.45) is 1.51. The summed E-state index contributed by atoms with van der Waals surface area (Å²) in [7, 11) is 0. The normalized spacial score (nSPS) is 17.2. The van der Waals surface area contributed by atoms with Gasteiger partial charge < -0.3 is 9.64 Å². The number of nitrogens with zero attached hydrogens (tertiary/aromatic N) is 5. The van der Waals surface area contributed by atoms with Gasteiger partial charge in [0.1, 0.15) is 11.1 Å². The molecule has 1 N–H and O–H groups in total. The van der Waals surface area contributed by atoms with Crippen LogP contribution in [0.25, 0.3) is 0 Å². The Balaban J connectivity index is 1.50. The lowest BCUT2D eigenvalue weighted by Crippen LogP contribution is -2.48. The van der Waals surface area contributed by atoms with E-state index in [1.54, 1.807) is 11.3 Å². The lowest BCUT2D eigenvalue weighted by atomic mass is 10.2. The topological polar surface area (TPSA) is 87.2 Å². The van der Waals surface area contributed by atoms with Gasteiger partial charge in [-0.3, -0.25) is 9.69 Å². The van der Waals surface area contributed by atoms with Gasteiger partial charge in [-0.25, -0.2) is 4.98 Å². The molecule has 1 unspecified atom stereocenters. The van der Waals surface area contributed by atoms with Gasteiger partial charge in [0.15, 0.2) is 5.69 Å². The van der Waals surface area contributed by atoms with Crippen molar-refractivity contribution in [1.29, 1.82) is 0 Å². The molecule has 9 heteroatoms. The molecule has 3 heterocycles. The van der Waals surface area contributed by atoms with Crippen LogP contribution in [0.4, 0.5) is 0 Å². The van der Waals surface area contributed by atoms with Gasteiger partial charge in [0, 0.05) is 44.7 Å². The Kier molecular flexibility index (Phi) is 5.54. The zero-order chi connectivity index (χ0) is 16.9. The average molecular weight is 350 g/mol. The number of piperazine rings is 1. The van der Waals surface area contributed by atoms with Crippen molar-refractivity contribution in [3.63, 3.8) is 0 Å². The minimum Gasteiger partial charge on any atom is -0.372 e. The number of rotatable bonds is 6. The molecule has 130 valence electrons. The molecule has 2 aromatic heterocycles. The zero-order valence-corrected chi connectivity index (χ0v) is 14.8. The molecular weight excluding hydrogens is 328 g/mol. The number of carbonyl (C=O) groups excluding carboxylic acids is 1. The van der Waals surface area contributed by atoms with Crippen LogP contribution in [0.1, 0.15) is 41.1 Å². The number of carbonyl (C=O) groups is 1. The molecule has 0 radical (unpaired) electrons. The van der Waals surface area contributed by atoms with E-state index in [0.29, 0.717) is 25.4 Å². The Morgan fingerprint density at radius 3 is 2.88 bits per heavy atom. The van der Waals surface area contributed by atoms with E-state index < -0.39 is 0 Å². The summed E-state index contributed by atoms with van der Waals surface area (Å²) in [6, 6.07) is 0. The third-order valence-electron chi connectivity index (χ3n) is 4.01. The second kappa shape index (κ2) is 7.82. The molecule has 3 rings (SSSR count). The number of hydrogen-bond acceptors (Lipinski definition) is 7. The van der Waals surface area contributed by atoms with Crippen LogP contribution in [0.3, 0.4) is 0 Å². The monoisotopic (exact) mass is 350 g/mol. The van der Waals surface area contributed by atoms with E-state index in [-0.39, 0.29) is 12.0 Å². The van der Waals surface area contributed by atoms with Crippen molar-refractivity contribution in [2.45, 2.75) is 26.5 Å². The fraction of sp³-hybridized carbons (Fsp3) is 0.600. The molecule has 8 nitrogen and oxygen atoms in total. The second-order valence-electron chi connectivity index (χ2n) is 5.70. The molecule has 0 bridgehead atoms. The molecule has 0 aliphatic carbocycles. The molecule has 0 aromatic carbocycles. The molecule has 0 spiro atoms. The SMILES string of the molecule is CCOC(C)c1nc(CN2CCN(C(=O)c3cn[nH]n3)CC2)cs1. The number of hydrogen-bond donors (Lipinski definition) is 1. The van der Waals surface area contributed by atoms with Crippen LogP contribution in [0, 0.1) is 0 Å². The third-order valence-corrected chi connectivity index (χ3v) is 5.07. The van der Waals surface area contributed by atoms with E-state index in [4.69, 9.17) is 4.74 Å². The molecule has 0 saturated carbocycles. The number of aromatic nitrogens is 4. The number of H-pyrrole nitrogens is 1. The van der Waals surface area contributed by atoms with Crippen molar-refractivity contribution in [1.82, 2.24) is 30.2 Å². The standard InChI is InChI=1S/C15H22N6O2S/c1-3-23-11(2)14-17-12(10-24-14)9-20-4-6-21(7-5-20)15(22)13-8-16-19-18-13/h8,10-11H,3-7,9H2,1-2H3,(H,16,18,19). The van der Waals surface area contributed by atoms with Gasteiger partial charge in [-0.15, -0.1) is 11.3 Å². The van der Waals surface area contributed by atoms with E-state index in [2.05, 4.69) is 30.7 Å². The van der Waals surface area contributed by atoms with E-state index in [9.17, 15) is 4.79 Å². The Morgan fingerprint density at radius 2 is 2.21 bits per heavy atom. The summed E-state index contributed by atoms with van der Waals surface area (Å²) in [5.74, 6) is -0.0649. The van der Waals surface area contributed by atoms with Crippen LogP contribution in [-0.4, -0.2) is 68.9 Å². The van der Waals surface area contributed by atoms with Gasteiger partial charge in [0.25, 0.3) is 5.91 Å². The quantitative estimate of drug-likeness (QED) is 0.845. The molecular formula is C15H22N6O2S. The summed E-state index contributed by atoms with van der Waals surface area (Å²) in [5, 5.41) is 13.1. The highest BCUT2D eigenvalue weighted by molar-refractivity contribution is 7.09. The first-order valence-electron chi connectivity index (χ1n) is 8.10. The van der Waals surface area contributed by atoms with Crippen molar-refractivity contribution in [3.05, 3.63) is 28.0 Å². The maximum atomic E-state index is 12.2. The summed E-state index contributed by atoms with van der Waals surface area (Å²) in [6.45, 7) is 8.56. The minimum atomic E-state index is -0.0649. The fourth-order valence-electron chi connectivity index (χ4n) is 2.71. The number of ether oxygens (including phenoxy) is 1. The second-order valence-corrected chi connectivity index (χ2v) is 6.59. The zero-order valence-electron chi connectivity index (χ0n) is 13.9. The number of nitrogens with one attached hydrogen (secondary N) is 1. The highest BCUT2D eigenvalue weighted by atomic mass is 32.1. The van der Waals surface area contributed by atoms with Crippen LogP contribution in [0.5, 0.6) is 0 Å². The lowest BCUT2D eigenvalue weighted by Gasteiger charge is -2.33. The smallest absolute Gasteiger partial charge is 0.276 e. The molecule has 1 saturated heterocycles. The van der Waals surface area contributed by atoms with Crippen molar-refractivity contribution in [3.8, 4) is 0 Å². The van der Waals surface area contributed by atoms with E-state index in [0.717, 1.165) is 30.3 Å². The molecule has 1 atom stereocenters. The Hall–Kier alpha value is -1.84. The fourth-order valence-corrected chi connectivity index (χ4v) is 3.52. The molecule has 1 aliphatic heterocycles. The van der Waals surface area contributed by atoms with Crippen molar-refractivity contribution >= 4 is 17.2 Å². The highest BCUT2D eigenvalue weighted by Crippen LogP contribution is 2.22. The molecule has 1 fully saturated rings. The van der Waals surface area contributed by atoms with Crippen molar-refractivity contribution in [2.75, 3.05) is 32.8 Å². The van der Waals surface area contributed by atoms with Crippen LogP contribution in [0.2, 0.25) is 0 Å². The van der Waals surface area contributed by atoms with Crippen LogP contribution >= 0.6 is 11.3 Å². The molecule has 1 amide bonds. The van der Waals surface area contributed by atoms with Crippen LogP contribution in [0.15, 0.2) is 11.6 Å². The Labute approximate surface area is 144 Å². The number of thiazole rings is 1. The first-order chi connectivity index (χ1) is 11.7. The summed E-state index contributed by atoms with van der Waals surface area (Å²) < 4.78 is 5.58. The maximum absolute atomic E-state index is 12.2. The van der Waals surface area contributed by atoms with E-state index >= 15 is 0 Å². The molecule has 1 aliphatic rings. The summed E-state index contributed by atoms with van der Waals surface area (Å²) in [4.78, 5) is 21.0. The van der Waals surface area contributed by atoms with Gasteiger partial charge in [-0.05, 0) is 13.8 Å². The van der Waals surface area contributed by atoms with Crippen molar-refractivity contribution < 1.29 is 9.53 Å².